The Balaban J connectivity index is 3.55. The van der Waals surface area contributed by atoms with Gasteiger partial charge in [-0.2, -0.15) is 17.6 Å². The lowest BCUT2D eigenvalue weighted by atomic mass is 10.0. The molecule has 1 N–H and O–H groups in total. The van der Waals surface area contributed by atoms with Gasteiger partial charge in [0, 0.05) is 17.3 Å². The van der Waals surface area contributed by atoms with Crippen LogP contribution in [0.15, 0.2) is 6.20 Å². The van der Waals surface area contributed by atoms with Crippen molar-refractivity contribution in [1.29, 1.82) is 0 Å². The lowest BCUT2D eigenvalue weighted by Gasteiger charge is -2.15. The van der Waals surface area contributed by atoms with E-state index >= 15 is 0 Å². The Morgan fingerprint density at radius 2 is 1.88 bits per heavy atom. The van der Waals surface area contributed by atoms with Crippen LogP contribution in [-0.2, 0) is 12.8 Å². The fraction of sp³-hybridized carbons (Fsp3) is 0.375. The van der Waals surface area contributed by atoms with Crippen molar-refractivity contribution >= 4 is 0 Å². The molecule has 0 aliphatic rings. The van der Waals surface area contributed by atoms with Crippen LogP contribution in [0, 0.1) is 5.95 Å². The molecule has 0 aromatic carbocycles. The van der Waals surface area contributed by atoms with Gasteiger partial charge < -0.3 is 5.11 Å². The average Bonchev–Trinajstić information content (AvgIpc) is 2.15. The van der Waals surface area contributed by atoms with Crippen molar-refractivity contribution in [3.63, 3.8) is 0 Å². The Hall–Kier alpha value is -1.31. The molecule has 8 heteroatoms. The van der Waals surface area contributed by atoms with Crippen molar-refractivity contribution in [3.05, 3.63) is 28.8 Å². The van der Waals surface area contributed by atoms with Gasteiger partial charge in [-0.1, -0.05) is 0 Å². The monoisotopic (exact) mass is 245 g/mol. The van der Waals surface area contributed by atoms with Gasteiger partial charge in [-0.3, -0.25) is 0 Å². The minimum absolute atomic E-state index is 0.450. The van der Waals surface area contributed by atoms with Gasteiger partial charge in [-0.05, 0) is 0 Å². The Morgan fingerprint density at radius 1 is 1.31 bits per heavy atom. The van der Waals surface area contributed by atoms with E-state index in [0.29, 0.717) is 6.20 Å². The first kappa shape index (κ1) is 12.8. The molecule has 1 heterocycles. The number of aliphatic hydroxyl groups is 1. The lowest BCUT2D eigenvalue weighted by Crippen LogP contribution is -2.16. The summed E-state index contributed by atoms with van der Waals surface area (Å²) in [5.74, 6) is -2.03. The van der Waals surface area contributed by atoms with Gasteiger partial charge in [0.05, 0.1) is 6.61 Å². The van der Waals surface area contributed by atoms with Crippen LogP contribution in [-0.4, -0.2) is 10.1 Å². The van der Waals surface area contributed by atoms with E-state index < -0.39 is 41.8 Å². The fourth-order valence-electron chi connectivity index (χ4n) is 1.19. The molecule has 0 bridgehead atoms. The van der Waals surface area contributed by atoms with E-state index in [1.165, 1.54) is 0 Å². The molecule has 90 valence electrons. The first-order valence-electron chi connectivity index (χ1n) is 3.92. The summed E-state index contributed by atoms with van der Waals surface area (Å²) in [6.45, 7) is -1.07. The highest BCUT2D eigenvalue weighted by molar-refractivity contribution is 5.35. The van der Waals surface area contributed by atoms with Gasteiger partial charge in [-0.15, -0.1) is 0 Å². The third-order valence-corrected chi connectivity index (χ3v) is 1.83. The molecule has 1 aromatic heterocycles. The zero-order valence-corrected chi connectivity index (χ0v) is 7.52. The van der Waals surface area contributed by atoms with E-state index in [1.54, 1.807) is 0 Å². The van der Waals surface area contributed by atoms with Crippen molar-refractivity contribution in [2.24, 2.45) is 0 Å². The number of aliphatic hydroxyl groups excluding tert-OH is 1. The Kier molecular flexibility index (Phi) is 3.41. The predicted molar refractivity (Wildman–Crippen MR) is 40.1 cm³/mol. The molecule has 0 saturated heterocycles. The molecule has 0 aliphatic heterocycles. The maximum atomic E-state index is 12.8. The average molecular weight is 245 g/mol. The molecular weight excluding hydrogens is 240 g/mol. The zero-order valence-electron chi connectivity index (χ0n) is 7.52. The summed E-state index contributed by atoms with van der Waals surface area (Å²) in [6, 6.07) is 0. The summed E-state index contributed by atoms with van der Waals surface area (Å²) in [6.07, 6.45) is -8.38. The van der Waals surface area contributed by atoms with Gasteiger partial charge in [0.15, 0.2) is 0 Å². The Morgan fingerprint density at radius 3 is 2.25 bits per heavy atom. The maximum Gasteiger partial charge on any atom is 0.421 e. The summed E-state index contributed by atoms with van der Waals surface area (Å²) in [4.78, 5) is 2.68. The van der Waals surface area contributed by atoms with Gasteiger partial charge >= 0.3 is 6.18 Å². The maximum absolute atomic E-state index is 12.8. The molecule has 0 saturated carbocycles. The summed E-state index contributed by atoms with van der Waals surface area (Å²) >= 11 is 0. The number of halogens is 6. The van der Waals surface area contributed by atoms with Crippen LogP contribution < -0.4 is 0 Å². The number of hydrogen-bond donors (Lipinski definition) is 1. The van der Waals surface area contributed by atoms with Crippen LogP contribution in [0.2, 0.25) is 0 Å². The van der Waals surface area contributed by atoms with Crippen LogP contribution >= 0.6 is 0 Å². The second-order valence-electron chi connectivity index (χ2n) is 2.82. The van der Waals surface area contributed by atoms with Crippen molar-refractivity contribution in [2.45, 2.75) is 19.2 Å². The molecule has 1 rings (SSSR count). The van der Waals surface area contributed by atoms with Crippen molar-refractivity contribution < 1.29 is 31.4 Å². The highest BCUT2D eigenvalue weighted by Gasteiger charge is 2.41. The minimum atomic E-state index is -5.28. The number of rotatable bonds is 2. The van der Waals surface area contributed by atoms with E-state index in [4.69, 9.17) is 5.11 Å². The largest absolute Gasteiger partial charge is 0.421 e. The van der Waals surface area contributed by atoms with Crippen LogP contribution in [0.1, 0.15) is 23.1 Å². The number of alkyl halides is 5. The SMILES string of the molecule is OCc1cnc(F)c(C(F)(F)F)c1C(F)F. The number of nitrogens with zero attached hydrogens (tertiary/aromatic N) is 1. The second-order valence-corrected chi connectivity index (χ2v) is 2.82. The predicted octanol–water partition coefficient (Wildman–Crippen LogP) is 2.67. The highest BCUT2D eigenvalue weighted by atomic mass is 19.4. The number of aromatic nitrogens is 1. The third kappa shape index (κ3) is 2.26. The summed E-state index contributed by atoms with van der Waals surface area (Å²) < 4.78 is 74.4. The van der Waals surface area contributed by atoms with Crippen LogP contribution in [0.5, 0.6) is 0 Å². The highest BCUT2D eigenvalue weighted by Crippen LogP contribution is 2.38. The van der Waals surface area contributed by atoms with E-state index in [-0.39, 0.29) is 0 Å². The molecular formula is C8H5F6NO. The second kappa shape index (κ2) is 4.28. The summed E-state index contributed by atoms with van der Waals surface area (Å²) in [5, 5.41) is 8.59. The van der Waals surface area contributed by atoms with Crippen molar-refractivity contribution in [1.82, 2.24) is 4.98 Å². The van der Waals surface area contributed by atoms with E-state index in [2.05, 4.69) is 4.98 Å². The fourth-order valence-corrected chi connectivity index (χ4v) is 1.19. The van der Waals surface area contributed by atoms with Crippen molar-refractivity contribution in [3.8, 4) is 0 Å². The van der Waals surface area contributed by atoms with Crippen LogP contribution in [0.25, 0.3) is 0 Å². The molecule has 0 aliphatic carbocycles. The number of hydrogen-bond acceptors (Lipinski definition) is 2. The van der Waals surface area contributed by atoms with Gasteiger partial charge in [-0.25, -0.2) is 13.8 Å². The van der Waals surface area contributed by atoms with E-state index in [9.17, 15) is 26.3 Å². The Bertz CT molecular complexity index is 389. The molecule has 2 nitrogen and oxygen atoms in total. The first-order chi connectivity index (χ1) is 7.29. The quantitative estimate of drug-likeness (QED) is 0.641. The van der Waals surface area contributed by atoms with Crippen LogP contribution in [0.3, 0.4) is 0 Å². The minimum Gasteiger partial charge on any atom is -0.392 e. The van der Waals surface area contributed by atoms with Gasteiger partial charge in [0.1, 0.15) is 5.56 Å². The molecule has 1 aromatic rings. The number of pyridine rings is 1. The lowest BCUT2D eigenvalue weighted by molar-refractivity contribution is -0.142. The van der Waals surface area contributed by atoms with E-state index in [0.717, 1.165) is 0 Å². The molecule has 0 amide bonds. The van der Waals surface area contributed by atoms with E-state index in [1.807, 2.05) is 0 Å². The summed E-state index contributed by atoms with van der Waals surface area (Å²) in [7, 11) is 0. The van der Waals surface area contributed by atoms with Gasteiger partial charge in [0.25, 0.3) is 6.43 Å². The standard InChI is InChI=1S/C8H5F6NO/c9-6(10)4-3(2-16)1-15-7(11)5(4)8(12,13)14/h1,6,16H,2H2. The molecule has 0 unspecified atom stereocenters. The molecule has 16 heavy (non-hydrogen) atoms. The molecule has 0 spiro atoms. The molecule has 0 atom stereocenters. The summed E-state index contributed by atoms with van der Waals surface area (Å²) in [5.41, 5.74) is -4.44. The third-order valence-electron chi connectivity index (χ3n) is 1.83. The smallest absolute Gasteiger partial charge is 0.392 e. The molecule has 0 fully saturated rings. The van der Waals surface area contributed by atoms with Crippen LogP contribution in [0.4, 0.5) is 26.3 Å². The normalized spacial score (nSPS) is 12.2. The van der Waals surface area contributed by atoms with Crippen molar-refractivity contribution in [2.75, 3.05) is 0 Å². The Labute approximate surface area is 85.5 Å². The topological polar surface area (TPSA) is 33.1 Å². The first-order valence-corrected chi connectivity index (χ1v) is 3.92. The molecule has 0 radical (unpaired) electrons. The van der Waals surface area contributed by atoms with Gasteiger partial charge in [0.2, 0.25) is 5.95 Å². The zero-order chi connectivity index (χ0) is 12.5.